The minimum Gasteiger partial charge on any atom is -0.297 e. The number of ketones is 1. The summed E-state index contributed by atoms with van der Waals surface area (Å²) < 4.78 is 27.2. The minimum atomic E-state index is -0.654. The summed E-state index contributed by atoms with van der Waals surface area (Å²) in [6.07, 6.45) is 1.56. The van der Waals surface area contributed by atoms with E-state index in [-0.39, 0.29) is 17.3 Å². The first-order chi connectivity index (χ1) is 11.5. The number of Topliss-reactive ketones (excluding diaryl/α,β-unsaturated/α-hetero) is 1. The second-order valence-electron chi connectivity index (χ2n) is 6.33. The molecule has 3 nitrogen and oxygen atoms in total. The van der Waals surface area contributed by atoms with Crippen LogP contribution in [0.2, 0.25) is 0 Å². The molecule has 0 bridgehead atoms. The highest BCUT2D eigenvalue weighted by Gasteiger charge is 2.28. The zero-order valence-corrected chi connectivity index (χ0v) is 13.6. The van der Waals surface area contributed by atoms with Gasteiger partial charge in [-0.2, -0.15) is 0 Å². The van der Waals surface area contributed by atoms with Crippen LogP contribution in [0.5, 0.6) is 0 Å². The van der Waals surface area contributed by atoms with Gasteiger partial charge in [0, 0.05) is 24.7 Å². The molecule has 0 saturated carbocycles. The van der Waals surface area contributed by atoms with E-state index < -0.39 is 11.6 Å². The van der Waals surface area contributed by atoms with Gasteiger partial charge in [-0.3, -0.25) is 14.7 Å². The molecule has 2 heterocycles. The van der Waals surface area contributed by atoms with E-state index in [1.54, 1.807) is 0 Å². The van der Waals surface area contributed by atoms with Crippen molar-refractivity contribution in [3.8, 4) is 0 Å². The van der Waals surface area contributed by atoms with Crippen molar-refractivity contribution < 1.29 is 13.6 Å². The van der Waals surface area contributed by atoms with Crippen molar-refractivity contribution in [3.05, 3.63) is 65.0 Å². The lowest BCUT2D eigenvalue weighted by atomic mass is 9.89. The summed E-state index contributed by atoms with van der Waals surface area (Å²) in [5.41, 5.74) is 1.77. The fraction of sp³-hybridized carbons (Fsp3) is 0.368. The predicted octanol–water partition coefficient (Wildman–Crippen LogP) is 3.76. The van der Waals surface area contributed by atoms with Crippen molar-refractivity contribution in [1.82, 2.24) is 9.88 Å². The Labute approximate surface area is 140 Å². The first kappa shape index (κ1) is 16.7. The van der Waals surface area contributed by atoms with E-state index in [9.17, 15) is 13.6 Å². The average molecular weight is 330 g/mol. The maximum Gasteiger partial charge on any atom is 0.170 e. The van der Waals surface area contributed by atoms with E-state index in [2.05, 4.69) is 9.88 Å². The van der Waals surface area contributed by atoms with Crippen molar-refractivity contribution in [3.63, 3.8) is 0 Å². The summed E-state index contributed by atoms with van der Waals surface area (Å²) in [4.78, 5) is 19.2. The van der Waals surface area contributed by atoms with Crippen LogP contribution in [0.3, 0.4) is 0 Å². The number of hydrogen-bond acceptors (Lipinski definition) is 3. The summed E-state index contributed by atoms with van der Waals surface area (Å²) in [6.45, 7) is 4.03. The van der Waals surface area contributed by atoms with Crippen molar-refractivity contribution in [2.45, 2.75) is 26.3 Å². The molecule has 1 aromatic heterocycles. The highest BCUT2D eigenvalue weighted by Crippen LogP contribution is 2.24. The molecule has 1 atom stereocenters. The van der Waals surface area contributed by atoms with E-state index in [4.69, 9.17) is 0 Å². The fourth-order valence-corrected chi connectivity index (χ4v) is 3.24. The van der Waals surface area contributed by atoms with Gasteiger partial charge in [-0.15, -0.1) is 0 Å². The molecule has 3 rings (SSSR count). The SMILES string of the molecule is Cc1cccc(CN2CCC[C@@H](C(=O)c3cc(F)ccc3F)C2)n1. The van der Waals surface area contributed by atoms with E-state index in [0.29, 0.717) is 19.5 Å². The number of piperidine rings is 1. The van der Waals surface area contributed by atoms with E-state index in [1.165, 1.54) is 0 Å². The molecular formula is C19H20F2N2O. The van der Waals surface area contributed by atoms with E-state index >= 15 is 0 Å². The normalized spacial score (nSPS) is 18.5. The smallest absolute Gasteiger partial charge is 0.170 e. The number of pyridine rings is 1. The Kier molecular flexibility index (Phi) is 5.00. The highest BCUT2D eigenvalue weighted by atomic mass is 19.1. The molecule has 0 unspecified atom stereocenters. The Morgan fingerprint density at radius 1 is 1.29 bits per heavy atom. The topological polar surface area (TPSA) is 33.2 Å². The van der Waals surface area contributed by atoms with Gasteiger partial charge in [0.05, 0.1) is 11.3 Å². The molecule has 0 N–H and O–H groups in total. The van der Waals surface area contributed by atoms with Gasteiger partial charge in [0.25, 0.3) is 0 Å². The van der Waals surface area contributed by atoms with E-state index in [1.807, 2.05) is 25.1 Å². The van der Waals surface area contributed by atoms with Crippen molar-refractivity contribution in [2.24, 2.45) is 5.92 Å². The van der Waals surface area contributed by atoms with Crippen LogP contribution in [0.15, 0.2) is 36.4 Å². The van der Waals surface area contributed by atoms with Crippen LogP contribution in [-0.4, -0.2) is 28.8 Å². The second kappa shape index (κ2) is 7.18. The first-order valence-electron chi connectivity index (χ1n) is 8.17. The number of halogens is 2. The molecule has 0 radical (unpaired) electrons. The number of nitrogens with zero attached hydrogens (tertiary/aromatic N) is 2. The predicted molar refractivity (Wildman–Crippen MR) is 87.7 cm³/mol. The zero-order chi connectivity index (χ0) is 17.1. The molecule has 0 amide bonds. The number of hydrogen-bond donors (Lipinski definition) is 0. The molecule has 24 heavy (non-hydrogen) atoms. The lowest BCUT2D eigenvalue weighted by molar-refractivity contribution is 0.0805. The number of aryl methyl sites for hydroxylation is 1. The van der Waals surface area contributed by atoms with Crippen LogP contribution in [0.1, 0.15) is 34.6 Å². The quantitative estimate of drug-likeness (QED) is 0.800. The molecular weight excluding hydrogens is 310 g/mol. The molecule has 126 valence electrons. The van der Waals surface area contributed by atoms with Crippen LogP contribution in [0, 0.1) is 24.5 Å². The van der Waals surface area contributed by atoms with Gasteiger partial charge < -0.3 is 0 Å². The molecule has 1 aliphatic heterocycles. The monoisotopic (exact) mass is 330 g/mol. The Bertz CT molecular complexity index is 748. The van der Waals surface area contributed by atoms with Gasteiger partial charge in [-0.1, -0.05) is 6.07 Å². The molecule has 2 aromatic rings. The molecule has 0 spiro atoms. The Morgan fingerprint density at radius 2 is 2.12 bits per heavy atom. The molecule has 1 aromatic carbocycles. The largest absolute Gasteiger partial charge is 0.297 e. The standard InChI is InChI=1S/C19H20F2N2O/c1-13-4-2-6-16(22-13)12-23-9-3-5-14(11-23)19(24)17-10-15(20)7-8-18(17)21/h2,4,6-8,10,14H,3,5,9,11-12H2,1H3/t14-/m1/s1. The van der Waals surface area contributed by atoms with Crippen molar-refractivity contribution in [1.29, 1.82) is 0 Å². The Balaban J connectivity index is 1.71. The number of likely N-dealkylation sites (tertiary alicyclic amines) is 1. The number of carbonyl (C=O) groups excluding carboxylic acids is 1. The van der Waals surface area contributed by atoms with Gasteiger partial charge in [0.15, 0.2) is 5.78 Å². The lowest BCUT2D eigenvalue weighted by Gasteiger charge is -2.31. The summed E-state index contributed by atoms with van der Waals surface area (Å²) in [7, 11) is 0. The molecule has 1 saturated heterocycles. The van der Waals surface area contributed by atoms with Crippen molar-refractivity contribution >= 4 is 5.78 Å². The average Bonchev–Trinajstić information content (AvgIpc) is 2.57. The lowest BCUT2D eigenvalue weighted by Crippen LogP contribution is -2.38. The Hall–Kier alpha value is -2.14. The van der Waals surface area contributed by atoms with E-state index in [0.717, 1.165) is 42.6 Å². The van der Waals surface area contributed by atoms with Gasteiger partial charge in [0.1, 0.15) is 11.6 Å². The first-order valence-corrected chi connectivity index (χ1v) is 8.17. The molecule has 0 aliphatic carbocycles. The minimum absolute atomic E-state index is 0.143. The third kappa shape index (κ3) is 3.85. The van der Waals surface area contributed by atoms with Crippen molar-refractivity contribution in [2.75, 3.05) is 13.1 Å². The highest BCUT2D eigenvalue weighted by molar-refractivity contribution is 5.98. The van der Waals surface area contributed by atoms with Crippen LogP contribution in [0.25, 0.3) is 0 Å². The van der Waals surface area contributed by atoms with Crippen LogP contribution in [-0.2, 0) is 6.54 Å². The third-order valence-electron chi connectivity index (χ3n) is 4.40. The Morgan fingerprint density at radius 3 is 2.92 bits per heavy atom. The second-order valence-corrected chi connectivity index (χ2v) is 6.33. The van der Waals surface area contributed by atoms with Crippen LogP contribution in [0.4, 0.5) is 8.78 Å². The maximum atomic E-state index is 13.9. The van der Waals surface area contributed by atoms with Crippen LogP contribution >= 0.6 is 0 Å². The molecule has 1 fully saturated rings. The number of benzene rings is 1. The fourth-order valence-electron chi connectivity index (χ4n) is 3.24. The van der Waals surface area contributed by atoms with Gasteiger partial charge >= 0.3 is 0 Å². The maximum absolute atomic E-state index is 13.9. The number of carbonyl (C=O) groups is 1. The number of aromatic nitrogens is 1. The molecule has 5 heteroatoms. The number of rotatable bonds is 4. The zero-order valence-electron chi connectivity index (χ0n) is 13.6. The summed E-state index contributed by atoms with van der Waals surface area (Å²) in [6, 6.07) is 8.91. The summed E-state index contributed by atoms with van der Waals surface area (Å²) >= 11 is 0. The summed E-state index contributed by atoms with van der Waals surface area (Å²) in [5.74, 6) is -1.86. The summed E-state index contributed by atoms with van der Waals surface area (Å²) in [5, 5.41) is 0. The van der Waals surface area contributed by atoms with Gasteiger partial charge in [0.2, 0.25) is 0 Å². The third-order valence-corrected chi connectivity index (χ3v) is 4.40. The molecule has 1 aliphatic rings. The van der Waals surface area contributed by atoms with Gasteiger partial charge in [-0.05, 0) is 56.6 Å². The van der Waals surface area contributed by atoms with Gasteiger partial charge in [-0.25, -0.2) is 8.78 Å². The van der Waals surface area contributed by atoms with Crippen LogP contribution < -0.4 is 0 Å².